The minimum absolute atomic E-state index is 0.136. The molecule has 2 heteroatoms. The summed E-state index contributed by atoms with van der Waals surface area (Å²) in [4.78, 5) is 10.4. The summed E-state index contributed by atoms with van der Waals surface area (Å²) in [5.41, 5.74) is 2.51. The number of rotatable bonds is 6. The van der Waals surface area contributed by atoms with Crippen molar-refractivity contribution in [3.63, 3.8) is 0 Å². The van der Waals surface area contributed by atoms with E-state index < -0.39 is 5.97 Å². The normalized spacial score (nSPS) is 11.4. The van der Waals surface area contributed by atoms with Crippen LogP contribution in [0.3, 0.4) is 0 Å². The predicted octanol–water partition coefficient (Wildman–Crippen LogP) is 3.43. The molecule has 1 rings (SSSR count). The van der Waals surface area contributed by atoms with E-state index in [1.54, 1.807) is 6.08 Å². The Labute approximate surface area is 96.6 Å². The molecule has 0 bridgehead atoms. The largest absolute Gasteiger partial charge is 0.481 e. The third kappa shape index (κ3) is 5.35. The number of hydrogen-bond acceptors (Lipinski definition) is 1. The second-order valence-corrected chi connectivity index (χ2v) is 3.99. The topological polar surface area (TPSA) is 37.3 Å². The zero-order valence-corrected chi connectivity index (χ0v) is 9.65. The maximum Gasteiger partial charge on any atom is 0.307 e. The van der Waals surface area contributed by atoms with Gasteiger partial charge in [0.25, 0.3) is 0 Å². The molecule has 0 aliphatic rings. The van der Waals surface area contributed by atoms with Crippen LogP contribution >= 0.6 is 0 Å². The van der Waals surface area contributed by atoms with Gasteiger partial charge in [-0.15, -0.1) is 0 Å². The van der Waals surface area contributed by atoms with Crippen LogP contribution in [-0.4, -0.2) is 11.1 Å². The first-order valence-electron chi connectivity index (χ1n) is 5.60. The van der Waals surface area contributed by atoms with E-state index in [1.807, 2.05) is 25.1 Å². The summed E-state index contributed by atoms with van der Waals surface area (Å²) in [6.45, 7) is 1.99. The summed E-state index contributed by atoms with van der Waals surface area (Å²) < 4.78 is 0. The number of carboxylic acid groups (broad SMARTS) is 1. The average molecular weight is 218 g/mol. The van der Waals surface area contributed by atoms with Crippen molar-refractivity contribution in [1.29, 1.82) is 0 Å². The highest BCUT2D eigenvalue weighted by Crippen LogP contribution is 2.10. The molecule has 2 nitrogen and oxygen atoms in total. The Bertz CT molecular complexity index is 352. The van der Waals surface area contributed by atoms with Crippen molar-refractivity contribution in [3.05, 3.63) is 47.5 Å². The summed E-state index contributed by atoms with van der Waals surface area (Å²) >= 11 is 0. The van der Waals surface area contributed by atoms with Crippen molar-refractivity contribution < 1.29 is 9.90 Å². The van der Waals surface area contributed by atoms with Gasteiger partial charge in [-0.2, -0.15) is 0 Å². The van der Waals surface area contributed by atoms with Gasteiger partial charge in [0.05, 0.1) is 6.42 Å². The summed E-state index contributed by atoms with van der Waals surface area (Å²) in [5, 5.41) is 8.52. The van der Waals surface area contributed by atoms with Gasteiger partial charge in [0.15, 0.2) is 0 Å². The number of hydrogen-bond donors (Lipinski definition) is 1. The summed E-state index contributed by atoms with van der Waals surface area (Å²) in [6, 6.07) is 10.3. The van der Waals surface area contributed by atoms with Gasteiger partial charge in [-0.25, -0.2) is 0 Å². The fourth-order valence-electron chi connectivity index (χ4n) is 1.58. The summed E-state index contributed by atoms with van der Waals surface area (Å²) in [5.74, 6) is -0.762. The molecule has 0 spiro atoms. The van der Waals surface area contributed by atoms with Crippen molar-refractivity contribution in [2.24, 2.45) is 0 Å². The van der Waals surface area contributed by atoms with E-state index in [4.69, 9.17) is 5.11 Å². The van der Waals surface area contributed by atoms with E-state index in [0.717, 1.165) is 19.3 Å². The molecule has 0 aliphatic heterocycles. The third-order valence-corrected chi connectivity index (χ3v) is 2.50. The Morgan fingerprint density at radius 2 is 2.00 bits per heavy atom. The summed E-state index contributed by atoms with van der Waals surface area (Å²) in [6.07, 6.45) is 5.04. The lowest BCUT2D eigenvalue weighted by molar-refractivity contribution is -0.136. The van der Waals surface area contributed by atoms with Gasteiger partial charge >= 0.3 is 5.97 Å². The smallest absolute Gasteiger partial charge is 0.307 e. The fourth-order valence-corrected chi connectivity index (χ4v) is 1.58. The van der Waals surface area contributed by atoms with Crippen LogP contribution in [0.2, 0.25) is 0 Å². The molecule has 1 N–H and O–H groups in total. The first-order chi connectivity index (χ1) is 7.68. The lowest BCUT2D eigenvalue weighted by atomic mass is 10.0. The van der Waals surface area contributed by atoms with Gasteiger partial charge < -0.3 is 5.11 Å². The minimum Gasteiger partial charge on any atom is -0.481 e. The maximum atomic E-state index is 10.4. The van der Waals surface area contributed by atoms with Crippen LogP contribution in [0.5, 0.6) is 0 Å². The van der Waals surface area contributed by atoms with Gasteiger partial charge in [0.2, 0.25) is 0 Å². The molecule has 0 aliphatic carbocycles. The SMILES string of the molecule is CC(=CCC(=O)O)CCCc1ccccc1. The van der Waals surface area contributed by atoms with Crippen molar-refractivity contribution >= 4 is 5.97 Å². The standard InChI is InChI=1S/C14H18O2/c1-12(10-11-14(15)16)6-5-9-13-7-3-2-4-8-13/h2-4,7-8,10H,5-6,9,11H2,1H3,(H,15,16). The molecule has 0 radical (unpaired) electrons. The molecular weight excluding hydrogens is 200 g/mol. The van der Waals surface area contributed by atoms with E-state index >= 15 is 0 Å². The predicted molar refractivity (Wildman–Crippen MR) is 65.4 cm³/mol. The average Bonchev–Trinajstić information content (AvgIpc) is 2.28. The molecule has 0 atom stereocenters. The van der Waals surface area contributed by atoms with Crippen LogP contribution in [0.1, 0.15) is 31.7 Å². The summed E-state index contributed by atoms with van der Waals surface area (Å²) in [7, 11) is 0. The van der Waals surface area contributed by atoms with Crippen LogP contribution in [0.4, 0.5) is 0 Å². The van der Waals surface area contributed by atoms with Gasteiger partial charge in [-0.05, 0) is 31.7 Å². The van der Waals surface area contributed by atoms with Crippen molar-refractivity contribution in [1.82, 2.24) is 0 Å². The highest BCUT2D eigenvalue weighted by molar-refractivity contribution is 5.68. The highest BCUT2D eigenvalue weighted by Gasteiger charge is 1.96. The molecular formula is C14H18O2. The molecule has 0 unspecified atom stereocenters. The monoisotopic (exact) mass is 218 g/mol. The number of aliphatic carboxylic acids is 1. The Hall–Kier alpha value is -1.57. The molecule has 0 amide bonds. The molecule has 0 saturated heterocycles. The first-order valence-corrected chi connectivity index (χ1v) is 5.60. The zero-order valence-electron chi connectivity index (χ0n) is 9.65. The molecule has 0 fully saturated rings. The second-order valence-electron chi connectivity index (χ2n) is 3.99. The van der Waals surface area contributed by atoms with Crippen molar-refractivity contribution in [3.8, 4) is 0 Å². The quantitative estimate of drug-likeness (QED) is 0.743. The molecule has 86 valence electrons. The number of carbonyl (C=O) groups is 1. The first kappa shape index (κ1) is 12.5. The van der Waals surface area contributed by atoms with Crippen LogP contribution in [0.15, 0.2) is 42.0 Å². The number of allylic oxidation sites excluding steroid dienone is 1. The van der Waals surface area contributed by atoms with E-state index in [1.165, 1.54) is 11.1 Å². The molecule has 0 heterocycles. The van der Waals surface area contributed by atoms with E-state index in [0.29, 0.717) is 0 Å². The highest BCUT2D eigenvalue weighted by atomic mass is 16.4. The van der Waals surface area contributed by atoms with E-state index in [2.05, 4.69) is 12.1 Å². The van der Waals surface area contributed by atoms with Gasteiger partial charge in [0, 0.05) is 0 Å². The van der Waals surface area contributed by atoms with Gasteiger partial charge in [-0.1, -0.05) is 42.0 Å². The molecule has 0 aromatic heterocycles. The lowest BCUT2D eigenvalue weighted by Crippen LogP contribution is -1.92. The maximum absolute atomic E-state index is 10.4. The number of aryl methyl sites for hydroxylation is 1. The van der Waals surface area contributed by atoms with Gasteiger partial charge in [-0.3, -0.25) is 4.79 Å². The number of carboxylic acids is 1. The van der Waals surface area contributed by atoms with Crippen LogP contribution in [-0.2, 0) is 11.2 Å². The van der Waals surface area contributed by atoms with E-state index in [-0.39, 0.29) is 6.42 Å². The van der Waals surface area contributed by atoms with Crippen LogP contribution in [0, 0.1) is 0 Å². The minimum atomic E-state index is -0.762. The Morgan fingerprint density at radius 1 is 1.31 bits per heavy atom. The Balaban J connectivity index is 2.25. The fraction of sp³-hybridized carbons (Fsp3) is 0.357. The number of benzene rings is 1. The third-order valence-electron chi connectivity index (χ3n) is 2.50. The Morgan fingerprint density at radius 3 is 2.62 bits per heavy atom. The lowest BCUT2D eigenvalue weighted by Gasteiger charge is -2.02. The van der Waals surface area contributed by atoms with E-state index in [9.17, 15) is 4.79 Å². The van der Waals surface area contributed by atoms with Crippen molar-refractivity contribution in [2.45, 2.75) is 32.6 Å². The Kier molecular flexibility index (Phi) is 5.34. The zero-order chi connectivity index (χ0) is 11.8. The van der Waals surface area contributed by atoms with Crippen LogP contribution in [0.25, 0.3) is 0 Å². The second kappa shape index (κ2) is 6.83. The molecule has 16 heavy (non-hydrogen) atoms. The molecule has 1 aromatic rings. The van der Waals surface area contributed by atoms with Crippen molar-refractivity contribution in [2.75, 3.05) is 0 Å². The molecule has 1 aromatic carbocycles. The molecule has 0 saturated carbocycles. The van der Waals surface area contributed by atoms with Crippen LogP contribution < -0.4 is 0 Å². The van der Waals surface area contributed by atoms with Gasteiger partial charge in [0.1, 0.15) is 0 Å².